The van der Waals surface area contributed by atoms with E-state index in [1.54, 1.807) is 42.5 Å². The number of ether oxygens (including phenoxy) is 2. The fourth-order valence-electron chi connectivity index (χ4n) is 5.90. The maximum atomic E-state index is 14.1. The minimum Gasteiger partial charge on any atom is -0.493 e. The molecule has 1 aliphatic heterocycles. The average molecular weight is 577 g/mol. The van der Waals surface area contributed by atoms with Crippen LogP contribution in [-0.4, -0.2) is 77.1 Å². The molecule has 1 saturated carbocycles. The van der Waals surface area contributed by atoms with Crippen molar-refractivity contribution in [2.24, 2.45) is 5.92 Å². The van der Waals surface area contributed by atoms with E-state index < -0.39 is 41.6 Å². The van der Waals surface area contributed by atoms with E-state index in [0.717, 1.165) is 12.8 Å². The Labute approximate surface area is 241 Å². The Morgan fingerprint density at radius 1 is 1.14 bits per heavy atom. The molecule has 0 unspecified atom stereocenters. The van der Waals surface area contributed by atoms with Crippen LogP contribution in [0.15, 0.2) is 63.3 Å². The number of fused-ring (bicyclic) bond motifs is 4. The molecule has 6 rings (SSSR count). The molecule has 3 aromatic rings. The molecule has 1 aromatic heterocycles. The fourth-order valence-corrected chi connectivity index (χ4v) is 5.90. The van der Waals surface area contributed by atoms with Gasteiger partial charge in [-0.3, -0.25) is 9.59 Å². The molecule has 4 atom stereocenters. The first kappa shape index (κ1) is 28.0. The maximum absolute atomic E-state index is 14.1. The molecule has 3 aliphatic rings. The Morgan fingerprint density at radius 3 is 2.64 bits per heavy atom. The SMILES string of the molecule is COc1cc(CO)cc2c1O[C@@H]1[C@@H](O)[C@H](N(CC3CC3)C(=O)c3cc4ccccc4oc3=O)C=C(C(=O)NCCO)[C@H]21. The number of amides is 2. The highest BCUT2D eigenvalue weighted by molar-refractivity contribution is 5.98. The van der Waals surface area contributed by atoms with Crippen LogP contribution in [0.5, 0.6) is 11.5 Å². The van der Waals surface area contributed by atoms with Crippen molar-refractivity contribution in [1.29, 1.82) is 0 Å². The predicted molar refractivity (Wildman–Crippen MR) is 150 cm³/mol. The molecule has 0 radical (unpaired) electrons. The Hall–Kier alpha value is -4.19. The van der Waals surface area contributed by atoms with Crippen molar-refractivity contribution in [2.45, 2.75) is 43.6 Å². The summed E-state index contributed by atoms with van der Waals surface area (Å²) in [6.07, 6.45) is 1.07. The summed E-state index contributed by atoms with van der Waals surface area (Å²) < 4.78 is 17.2. The number of carbonyl (C=O) groups excluding carboxylic acids is 2. The van der Waals surface area contributed by atoms with E-state index >= 15 is 0 Å². The van der Waals surface area contributed by atoms with Crippen LogP contribution in [0.1, 0.15) is 40.2 Å². The molecule has 4 N–H and O–H groups in total. The molecule has 0 spiro atoms. The molecule has 2 aromatic carbocycles. The van der Waals surface area contributed by atoms with Gasteiger partial charge in [-0.15, -0.1) is 0 Å². The van der Waals surface area contributed by atoms with E-state index in [1.807, 2.05) is 0 Å². The van der Waals surface area contributed by atoms with Crippen LogP contribution in [0.3, 0.4) is 0 Å². The number of hydrogen-bond donors (Lipinski definition) is 4. The lowest BCUT2D eigenvalue weighted by Gasteiger charge is -2.40. The van der Waals surface area contributed by atoms with Crippen molar-refractivity contribution in [2.75, 3.05) is 26.8 Å². The predicted octanol–water partition coefficient (Wildman–Crippen LogP) is 1.47. The molecule has 2 aliphatic carbocycles. The van der Waals surface area contributed by atoms with Gasteiger partial charge in [0.05, 0.1) is 32.3 Å². The average Bonchev–Trinajstić information content (AvgIpc) is 3.75. The van der Waals surface area contributed by atoms with E-state index in [9.17, 15) is 29.7 Å². The van der Waals surface area contributed by atoms with Crippen LogP contribution in [-0.2, 0) is 11.4 Å². The van der Waals surface area contributed by atoms with Gasteiger partial charge in [-0.25, -0.2) is 4.79 Å². The number of methoxy groups -OCH3 is 1. The minimum atomic E-state index is -1.28. The summed E-state index contributed by atoms with van der Waals surface area (Å²) >= 11 is 0. The summed E-state index contributed by atoms with van der Waals surface area (Å²) in [5.41, 5.74) is 0.714. The zero-order valence-electron chi connectivity index (χ0n) is 23.0. The number of nitrogens with zero attached hydrogens (tertiary/aromatic N) is 1. The first-order chi connectivity index (χ1) is 20.3. The monoisotopic (exact) mass is 576 g/mol. The largest absolute Gasteiger partial charge is 0.493 e. The summed E-state index contributed by atoms with van der Waals surface area (Å²) in [6, 6.07) is 10.7. The van der Waals surface area contributed by atoms with Gasteiger partial charge in [0, 0.05) is 29.6 Å². The van der Waals surface area contributed by atoms with Crippen LogP contribution in [0.2, 0.25) is 0 Å². The summed E-state index contributed by atoms with van der Waals surface area (Å²) in [5.74, 6) is -1.00. The second-order valence-corrected chi connectivity index (χ2v) is 10.9. The van der Waals surface area contributed by atoms with Gasteiger partial charge in [0.25, 0.3) is 5.91 Å². The molecule has 0 saturated heterocycles. The Balaban J connectivity index is 1.45. The molecule has 2 amide bonds. The van der Waals surface area contributed by atoms with Gasteiger partial charge in [0.2, 0.25) is 5.91 Å². The van der Waals surface area contributed by atoms with Gasteiger partial charge >= 0.3 is 5.63 Å². The molecule has 220 valence electrons. The quantitative estimate of drug-likeness (QED) is 0.277. The lowest BCUT2D eigenvalue weighted by molar-refractivity contribution is -0.118. The number of nitrogens with one attached hydrogen (secondary N) is 1. The van der Waals surface area contributed by atoms with Crippen LogP contribution < -0.4 is 20.4 Å². The van der Waals surface area contributed by atoms with Gasteiger partial charge in [0.15, 0.2) is 11.5 Å². The van der Waals surface area contributed by atoms with Gasteiger partial charge in [-0.05, 0) is 54.7 Å². The lowest BCUT2D eigenvalue weighted by atomic mass is 9.77. The topological polar surface area (TPSA) is 159 Å². The van der Waals surface area contributed by atoms with Gasteiger partial charge in [-0.1, -0.05) is 18.2 Å². The molecule has 2 heterocycles. The Kier molecular flexibility index (Phi) is 7.48. The highest BCUT2D eigenvalue weighted by Gasteiger charge is 2.52. The molecule has 11 nitrogen and oxygen atoms in total. The summed E-state index contributed by atoms with van der Waals surface area (Å²) in [7, 11) is 1.46. The van der Waals surface area contributed by atoms with E-state index in [2.05, 4.69) is 5.32 Å². The summed E-state index contributed by atoms with van der Waals surface area (Å²) in [4.78, 5) is 41.9. The van der Waals surface area contributed by atoms with Crippen molar-refractivity contribution >= 4 is 22.8 Å². The summed E-state index contributed by atoms with van der Waals surface area (Å²) in [6.45, 7) is -0.298. The Bertz CT molecular complexity index is 1630. The number of carbonyl (C=O) groups is 2. The normalized spacial score (nSPS) is 22.5. The van der Waals surface area contributed by atoms with Gasteiger partial charge in [-0.2, -0.15) is 0 Å². The maximum Gasteiger partial charge on any atom is 0.349 e. The fraction of sp³-hybridized carbons (Fsp3) is 0.387. The zero-order valence-corrected chi connectivity index (χ0v) is 23.0. The molecular formula is C31H32N2O9. The second kappa shape index (κ2) is 11.2. The smallest absolute Gasteiger partial charge is 0.349 e. The zero-order chi connectivity index (χ0) is 29.5. The third-order valence-electron chi connectivity index (χ3n) is 8.14. The van der Waals surface area contributed by atoms with E-state index in [4.69, 9.17) is 13.9 Å². The number of aliphatic hydroxyl groups is 3. The second-order valence-electron chi connectivity index (χ2n) is 10.9. The summed E-state index contributed by atoms with van der Waals surface area (Å²) in [5, 5.41) is 34.2. The van der Waals surface area contributed by atoms with E-state index in [-0.39, 0.29) is 43.4 Å². The Morgan fingerprint density at radius 2 is 1.93 bits per heavy atom. The third-order valence-corrected chi connectivity index (χ3v) is 8.14. The minimum absolute atomic E-state index is 0.00263. The third kappa shape index (κ3) is 4.93. The molecule has 1 fully saturated rings. The number of aliphatic hydroxyl groups excluding tert-OH is 3. The lowest BCUT2D eigenvalue weighted by Crippen LogP contribution is -2.56. The van der Waals surface area contributed by atoms with Crippen LogP contribution in [0.25, 0.3) is 11.0 Å². The van der Waals surface area contributed by atoms with Crippen LogP contribution in [0, 0.1) is 5.92 Å². The highest BCUT2D eigenvalue weighted by Crippen LogP contribution is 2.51. The van der Waals surface area contributed by atoms with Gasteiger partial charge in [0.1, 0.15) is 23.4 Å². The van der Waals surface area contributed by atoms with E-state index in [0.29, 0.717) is 33.6 Å². The molecular weight excluding hydrogens is 544 g/mol. The van der Waals surface area contributed by atoms with Crippen molar-refractivity contribution in [3.05, 3.63) is 81.2 Å². The van der Waals surface area contributed by atoms with Crippen LogP contribution >= 0.6 is 0 Å². The van der Waals surface area contributed by atoms with E-state index in [1.165, 1.54) is 18.1 Å². The molecule has 0 bridgehead atoms. The van der Waals surface area contributed by atoms with Crippen molar-refractivity contribution in [1.82, 2.24) is 10.2 Å². The van der Waals surface area contributed by atoms with Gasteiger partial charge < -0.3 is 39.4 Å². The number of rotatable bonds is 9. The van der Waals surface area contributed by atoms with Crippen molar-refractivity contribution in [3.8, 4) is 11.5 Å². The standard InChI is InChI=1S/C31H32N2O9/c1-40-24-11-17(15-35)10-19-25-20(29(37)32-8-9-34)13-22(26(36)28(25)42-27(19)24)33(14-16-6-7-16)30(38)21-12-18-4-2-3-5-23(18)41-31(21)39/h2-5,10-13,16,22,25-26,28,34-36H,6-9,14-15H2,1H3,(H,32,37)/t22-,25+,26+,28+/m1/s1. The molecule has 11 heteroatoms. The van der Waals surface area contributed by atoms with Crippen molar-refractivity contribution in [3.63, 3.8) is 0 Å². The number of benzene rings is 2. The first-order valence-electron chi connectivity index (χ1n) is 14.0. The van der Waals surface area contributed by atoms with Crippen LogP contribution in [0.4, 0.5) is 0 Å². The highest BCUT2D eigenvalue weighted by atomic mass is 16.5. The molecule has 42 heavy (non-hydrogen) atoms. The first-order valence-corrected chi connectivity index (χ1v) is 14.0. The van der Waals surface area contributed by atoms with Crippen molar-refractivity contribution < 1.29 is 38.8 Å². The number of hydrogen-bond acceptors (Lipinski definition) is 9. The number of para-hydroxylation sites is 1.